The minimum absolute atomic E-state index is 0.164. The minimum atomic E-state index is -0.968. The Morgan fingerprint density at radius 2 is 1.77 bits per heavy atom. The molecule has 0 unspecified atom stereocenters. The van der Waals surface area contributed by atoms with Gasteiger partial charge in [0.05, 0.1) is 19.8 Å². The number of hydrogen-bond donors (Lipinski definition) is 1. The molecule has 0 aromatic heterocycles. The van der Waals surface area contributed by atoms with Crippen LogP contribution in [0.15, 0.2) is 24.3 Å². The Balaban J connectivity index is 2.45. The van der Waals surface area contributed by atoms with Crippen LogP contribution in [-0.2, 0) is 30.4 Å². The maximum absolute atomic E-state index is 11.8. The summed E-state index contributed by atoms with van der Waals surface area (Å²) in [6, 6.07) is 6.69. The molecule has 0 heterocycles. The first-order valence-electron chi connectivity index (χ1n) is 7.27. The third-order valence-corrected chi connectivity index (χ3v) is 2.87. The molecule has 0 aliphatic rings. The summed E-state index contributed by atoms with van der Waals surface area (Å²) in [4.78, 5) is 23.5. The lowest BCUT2D eigenvalue weighted by atomic mass is 10.1. The normalized spacial score (nSPS) is 10.5. The fourth-order valence-corrected chi connectivity index (χ4v) is 1.86. The Labute approximate surface area is 130 Å². The van der Waals surface area contributed by atoms with Gasteiger partial charge in [0.1, 0.15) is 5.75 Å². The summed E-state index contributed by atoms with van der Waals surface area (Å²) in [7, 11) is 0. The molecule has 0 amide bonds. The van der Waals surface area contributed by atoms with Gasteiger partial charge in [0.25, 0.3) is 0 Å². The first kappa shape index (κ1) is 18.0. The second-order valence-corrected chi connectivity index (χ2v) is 4.57. The fraction of sp³-hybridized carbons (Fsp3) is 0.500. The van der Waals surface area contributed by atoms with Crippen molar-refractivity contribution >= 4 is 11.9 Å². The van der Waals surface area contributed by atoms with Gasteiger partial charge in [-0.2, -0.15) is 0 Å². The molecule has 0 saturated heterocycles. The van der Waals surface area contributed by atoms with E-state index in [4.69, 9.17) is 14.2 Å². The standard InChI is InChI=1S/C16H22O6/c1-3-21-15(18)14(16(19)22-4-2)8-9-20-11-12-6-5-7-13(17)10-12/h5-7,10,14,17H,3-4,8-9,11H2,1-2H3. The van der Waals surface area contributed by atoms with Crippen molar-refractivity contribution in [2.75, 3.05) is 19.8 Å². The number of rotatable bonds is 9. The van der Waals surface area contributed by atoms with Crippen molar-refractivity contribution in [2.24, 2.45) is 5.92 Å². The Hall–Kier alpha value is -2.08. The van der Waals surface area contributed by atoms with Gasteiger partial charge in [-0.15, -0.1) is 0 Å². The molecule has 0 fully saturated rings. The van der Waals surface area contributed by atoms with Crippen molar-refractivity contribution < 1.29 is 28.9 Å². The number of ether oxygens (including phenoxy) is 3. The lowest BCUT2D eigenvalue weighted by Crippen LogP contribution is -2.29. The Morgan fingerprint density at radius 1 is 1.14 bits per heavy atom. The lowest BCUT2D eigenvalue weighted by Gasteiger charge is -2.14. The van der Waals surface area contributed by atoms with Crippen LogP contribution in [0.25, 0.3) is 0 Å². The molecule has 0 radical (unpaired) electrons. The first-order chi connectivity index (χ1) is 10.6. The van der Waals surface area contributed by atoms with E-state index in [1.54, 1.807) is 32.0 Å². The fourth-order valence-electron chi connectivity index (χ4n) is 1.86. The van der Waals surface area contributed by atoms with E-state index in [-0.39, 0.29) is 38.6 Å². The Bertz CT molecular complexity index is 467. The van der Waals surface area contributed by atoms with Crippen LogP contribution in [0, 0.1) is 5.92 Å². The average molecular weight is 310 g/mol. The highest BCUT2D eigenvalue weighted by Gasteiger charge is 2.29. The molecule has 1 aromatic rings. The van der Waals surface area contributed by atoms with Crippen molar-refractivity contribution in [3.63, 3.8) is 0 Å². The molecule has 6 nitrogen and oxygen atoms in total. The highest BCUT2D eigenvalue weighted by Crippen LogP contribution is 2.13. The summed E-state index contributed by atoms with van der Waals surface area (Å²) >= 11 is 0. The summed E-state index contributed by atoms with van der Waals surface area (Å²) in [5.74, 6) is -2.00. The quantitative estimate of drug-likeness (QED) is 0.427. The third-order valence-electron chi connectivity index (χ3n) is 2.87. The highest BCUT2D eigenvalue weighted by atomic mass is 16.6. The van der Waals surface area contributed by atoms with E-state index >= 15 is 0 Å². The van der Waals surface area contributed by atoms with E-state index in [2.05, 4.69) is 0 Å². The van der Waals surface area contributed by atoms with Crippen molar-refractivity contribution in [3.05, 3.63) is 29.8 Å². The molecule has 0 atom stereocenters. The van der Waals surface area contributed by atoms with Gasteiger partial charge in [0, 0.05) is 6.61 Å². The zero-order chi connectivity index (χ0) is 16.4. The molecule has 0 saturated carbocycles. The van der Waals surface area contributed by atoms with Gasteiger partial charge in [-0.1, -0.05) is 12.1 Å². The van der Waals surface area contributed by atoms with Gasteiger partial charge in [0.15, 0.2) is 5.92 Å². The van der Waals surface area contributed by atoms with Gasteiger partial charge >= 0.3 is 11.9 Å². The van der Waals surface area contributed by atoms with Crippen LogP contribution < -0.4 is 0 Å². The largest absolute Gasteiger partial charge is 0.508 e. The summed E-state index contributed by atoms with van der Waals surface area (Å²) in [6.45, 7) is 4.26. The Morgan fingerprint density at radius 3 is 2.32 bits per heavy atom. The molecule has 1 N–H and O–H groups in total. The highest BCUT2D eigenvalue weighted by molar-refractivity contribution is 5.94. The van der Waals surface area contributed by atoms with Gasteiger partial charge in [-0.3, -0.25) is 9.59 Å². The van der Waals surface area contributed by atoms with Gasteiger partial charge in [-0.25, -0.2) is 0 Å². The van der Waals surface area contributed by atoms with E-state index in [9.17, 15) is 14.7 Å². The molecule has 0 aliphatic carbocycles. The lowest BCUT2D eigenvalue weighted by molar-refractivity contribution is -0.162. The zero-order valence-corrected chi connectivity index (χ0v) is 12.9. The maximum atomic E-state index is 11.8. The number of aromatic hydroxyl groups is 1. The van der Waals surface area contributed by atoms with Crippen LogP contribution in [0.4, 0.5) is 0 Å². The average Bonchev–Trinajstić information content (AvgIpc) is 2.47. The number of hydrogen-bond acceptors (Lipinski definition) is 6. The number of phenols is 1. The van der Waals surface area contributed by atoms with Crippen LogP contribution in [0.1, 0.15) is 25.8 Å². The van der Waals surface area contributed by atoms with E-state index in [1.807, 2.05) is 6.07 Å². The summed E-state index contributed by atoms with van der Waals surface area (Å²) in [5.41, 5.74) is 0.809. The van der Waals surface area contributed by atoms with Crippen LogP contribution >= 0.6 is 0 Å². The van der Waals surface area contributed by atoms with Gasteiger partial charge in [-0.05, 0) is 38.0 Å². The first-order valence-corrected chi connectivity index (χ1v) is 7.27. The second-order valence-electron chi connectivity index (χ2n) is 4.57. The van der Waals surface area contributed by atoms with Crippen LogP contribution in [0.3, 0.4) is 0 Å². The molecule has 0 bridgehead atoms. The second kappa shape index (κ2) is 9.78. The predicted octanol–water partition coefficient (Wildman–Crippen LogP) is 2.04. The third kappa shape index (κ3) is 6.13. The molecule has 122 valence electrons. The zero-order valence-electron chi connectivity index (χ0n) is 12.9. The summed E-state index contributed by atoms with van der Waals surface area (Å²) in [5, 5.41) is 9.34. The monoisotopic (exact) mass is 310 g/mol. The maximum Gasteiger partial charge on any atom is 0.320 e. The van der Waals surface area contributed by atoms with E-state index < -0.39 is 17.9 Å². The van der Waals surface area contributed by atoms with Crippen molar-refractivity contribution in [1.82, 2.24) is 0 Å². The summed E-state index contributed by atoms with van der Waals surface area (Å²) in [6.07, 6.45) is 0.191. The van der Waals surface area contributed by atoms with Gasteiger partial charge in [0.2, 0.25) is 0 Å². The van der Waals surface area contributed by atoms with E-state index in [0.717, 1.165) is 5.56 Å². The SMILES string of the molecule is CCOC(=O)C(CCOCc1cccc(O)c1)C(=O)OCC. The molecule has 1 aromatic carbocycles. The number of esters is 2. The molecular formula is C16H22O6. The molecule has 22 heavy (non-hydrogen) atoms. The number of carbonyl (C=O) groups excluding carboxylic acids is 2. The predicted molar refractivity (Wildman–Crippen MR) is 79.1 cm³/mol. The molecule has 6 heteroatoms. The van der Waals surface area contributed by atoms with Crippen molar-refractivity contribution in [3.8, 4) is 5.75 Å². The van der Waals surface area contributed by atoms with E-state index in [1.165, 1.54) is 0 Å². The number of phenolic OH excluding ortho intramolecular Hbond substituents is 1. The van der Waals surface area contributed by atoms with Crippen LogP contribution in [0.2, 0.25) is 0 Å². The topological polar surface area (TPSA) is 82.1 Å². The minimum Gasteiger partial charge on any atom is -0.508 e. The molecule has 1 rings (SSSR count). The Kier molecular flexibility index (Phi) is 7.99. The summed E-state index contributed by atoms with van der Waals surface area (Å²) < 4.78 is 15.2. The van der Waals surface area contributed by atoms with E-state index in [0.29, 0.717) is 0 Å². The molecular weight excluding hydrogens is 288 g/mol. The smallest absolute Gasteiger partial charge is 0.320 e. The van der Waals surface area contributed by atoms with Gasteiger partial charge < -0.3 is 19.3 Å². The number of benzene rings is 1. The molecule has 0 aliphatic heterocycles. The van der Waals surface area contributed by atoms with Crippen LogP contribution in [-0.4, -0.2) is 36.9 Å². The van der Waals surface area contributed by atoms with Crippen LogP contribution in [0.5, 0.6) is 5.75 Å². The molecule has 0 spiro atoms. The number of carbonyl (C=O) groups is 2. The van der Waals surface area contributed by atoms with Crippen molar-refractivity contribution in [2.45, 2.75) is 26.9 Å². The van der Waals surface area contributed by atoms with Crippen molar-refractivity contribution in [1.29, 1.82) is 0 Å².